The number of halogens is 1. The molecule has 0 aromatic heterocycles. The van der Waals surface area contributed by atoms with Gasteiger partial charge in [0.25, 0.3) is 0 Å². The number of hydrogen-bond acceptors (Lipinski definition) is 7. The van der Waals surface area contributed by atoms with Crippen LogP contribution in [0.1, 0.15) is 0 Å². The maximum Gasteiger partial charge on any atom is 0.170 e. The largest absolute Gasteiger partial charge is 0.508 e. The summed E-state index contributed by atoms with van der Waals surface area (Å²) < 4.78 is 29.2. The Morgan fingerprint density at radius 1 is 0.906 bits per heavy atom. The summed E-state index contributed by atoms with van der Waals surface area (Å²) >= 11 is 0. The number of ether oxygens (including phenoxy) is 3. The van der Waals surface area contributed by atoms with E-state index >= 15 is 0 Å². The van der Waals surface area contributed by atoms with Gasteiger partial charge in [0.05, 0.1) is 26.4 Å². The maximum absolute atomic E-state index is 13.0. The highest BCUT2D eigenvalue weighted by Gasteiger charge is 2.22. The third-order valence-corrected chi connectivity index (χ3v) is 4.76. The normalized spacial score (nSPS) is 11.3. The summed E-state index contributed by atoms with van der Waals surface area (Å²) in [6.07, 6.45) is 1.05. The molecule has 7 nitrogen and oxygen atoms in total. The van der Waals surface area contributed by atoms with Crippen LogP contribution in [0.15, 0.2) is 60.4 Å². The number of phenols is 3. The molecule has 0 unspecified atom stereocenters. The van der Waals surface area contributed by atoms with E-state index in [1.165, 1.54) is 38.5 Å². The molecule has 0 saturated heterocycles. The predicted octanol–water partition coefficient (Wildman–Crippen LogP) is 4.38. The third-order valence-electron chi connectivity index (χ3n) is 4.76. The van der Waals surface area contributed by atoms with Gasteiger partial charge in [0, 0.05) is 5.56 Å². The summed E-state index contributed by atoms with van der Waals surface area (Å²) in [6.45, 7) is -0.904. The fourth-order valence-electron chi connectivity index (χ4n) is 3.21. The first-order chi connectivity index (χ1) is 15.4. The summed E-state index contributed by atoms with van der Waals surface area (Å²) in [5.41, 5.74) is 1.96. The highest BCUT2D eigenvalue weighted by atomic mass is 19.1. The van der Waals surface area contributed by atoms with Crippen molar-refractivity contribution in [3.63, 3.8) is 0 Å². The van der Waals surface area contributed by atoms with Gasteiger partial charge in [-0.05, 0) is 47.5 Å². The van der Waals surface area contributed by atoms with Crippen molar-refractivity contribution in [3.8, 4) is 56.8 Å². The summed E-state index contributed by atoms with van der Waals surface area (Å²) in [7, 11) is 2.87. The van der Waals surface area contributed by atoms with Gasteiger partial charge in [-0.1, -0.05) is 18.2 Å². The van der Waals surface area contributed by atoms with Crippen molar-refractivity contribution in [2.75, 3.05) is 27.4 Å². The van der Waals surface area contributed by atoms with E-state index in [1.807, 2.05) is 0 Å². The van der Waals surface area contributed by atoms with Crippen molar-refractivity contribution in [3.05, 3.63) is 60.4 Å². The summed E-state index contributed by atoms with van der Waals surface area (Å²) in [4.78, 5) is 0. The number of hydrogen-bond donors (Lipinski definition) is 4. The van der Waals surface area contributed by atoms with E-state index in [4.69, 9.17) is 19.3 Å². The molecular formula is C24H23FO7. The zero-order valence-corrected chi connectivity index (χ0v) is 17.5. The minimum atomic E-state index is -0.739. The number of benzene rings is 3. The topological polar surface area (TPSA) is 109 Å². The van der Waals surface area contributed by atoms with Crippen LogP contribution in [0, 0.1) is 0 Å². The molecule has 0 saturated carbocycles. The molecule has 4 N–H and O–H groups in total. The fourth-order valence-corrected chi connectivity index (χ4v) is 3.21. The predicted molar refractivity (Wildman–Crippen MR) is 117 cm³/mol. The minimum absolute atomic E-state index is 0.0990. The molecule has 0 bridgehead atoms. The van der Waals surface area contributed by atoms with E-state index in [-0.39, 0.29) is 35.4 Å². The van der Waals surface area contributed by atoms with Crippen molar-refractivity contribution in [1.29, 1.82) is 0 Å². The van der Waals surface area contributed by atoms with Crippen LogP contribution in [0.5, 0.6) is 34.5 Å². The van der Waals surface area contributed by atoms with Crippen molar-refractivity contribution >= 4 is 0 Å². The van der Waals surface area contributed by atoms with Gasteiger partial charge in [0.2, 0.25) is 0 Å². The Labute approximate surface area is 184 Å². The highest BCUT2D eigenvalue weighted by Crippen LogP contribution is 2.50. The van der Waals surface area contributed by atoms with Crippen molar-refractivity contribution in [1.82, 2.24) is 0 Å². The average Bonchev–Trinajstić information content (AvgIpc) is 2.79. The Kier molecular flexibility index (Phi) is 7.07. The van der Waals surface area contributed by atoms with Gasteiger partial charge in [-0.2, -0.15) is 0 Å². The van der Waals surface area contributed by atoms with Crippen LogP contribution in [0.2, 0.25) is 0 Å². The van der Waals surface area contributed by atoms with Gasteiger partial charge in [-0.25, -0.2) is 4.39 Å². The quantitative estimate of drug-likeness (QED) is 0.410. The standard InChI is InChI=1S/C24H23FO7/c1-30-21-12-18(14-3-6-17(27)7-4-14)24(31-2)23(29)22(21)15-5-8-20(19(28)11-15)32-10-9-16(25)13-26/h3-9,11-12,26-29H,10,13H2,1-2H3/b16-9+. The van der Waals surface area contributed by atoms with Crippen LogP contribution in [0.3, 0.4) is 0 Å². The van der Waals surface area contributed by atoms with Crippen molar-refractivity contribution < 1.29 is 39.0 Å². The molecule has 0 radical (unpaired) electrons. The van der Waals surface area contributed by atoms with Gasteiger partial charge in [0.1, 0.15) is 23.9 Å². The average molecular weight is 442 g/mol. The lowest BCUT2D eigenvalue weighted by Gasteiger charge is -2.18. The molecule has 8 heteroatoms. The monoisotopic (exact) mass is 442 g/mol. The second-order valence-electron chi connectivity index (χ2n) is 6.73. The summed E-state index contributed by atoms with van der Waals surface area (Å²) in [6, 6.07) is 12.5. The molecule has 3 rings (SSSR count). The summed E-state index contributed by atoms with van der Waals surface area (Å²) in [5, 5.41) is 39.6. The van der Waals surface area contributed by atoms with Crippen LogP contribution in [0.4, 0.5) is 4.39 Å². The molecule has 0 spiro atoms. The number of methoxy groups -OCH3 is 2. The fraction of sp³-hybridized carbons (Fsp3) is 0.167. The smallest absolute Gasteiger partial charge is 0.170 e. The lowest BCUT2D eigenvalue weighted by molar-refractivity contribution is 0.290. The SMILES string of the molecule is COc1cc(-c2ccc(O)cc2)c(OC)c(O)c1-c1ccc(OC/C=C(/F)CO)c(O)c1. The number of aliphatic hydroxyl groups is 1. The molecule has 0 amide bonds. The molecule has 0 aliphatic rings. The lowest BCUT2D eigenvalue weighted by Crippen LogP contribution is -1.97. The highest BCUT2D eigenvalue weighted by molar-refractivity contribution is 5.88. The molecule has 3 aromatic carbocycles. The van der Waals surface area contributed by atoms with Crippen LogP contribution >= 0.6 is 0 Å². The lowest BCUT2D eigenvalue weighted by atomic mass is 9.96. The van der Waals surface area contributed by atoms with E-state index in [9.17, 15) is 19.7 Å². The van der Waals surface area contributed by atoms with E-state index in [1.54, 1.807) is 24.3 Å². The van der Waals surface area contributed by atoms with E-state index in [0.717, 1.165) is 6.08 Å². The third kappa shape index (κ3) is 4.70. The Morgan fingerprint density at radius 2 is 1.59 bits per heavy atom. The van der Waals surface area contributed by atoms with Crippen molar-refractivity contribution in [2.45, 2.75) is 0 Å². The second-order valence-corrected chi connectivity index (χ2v) is 6.73. The Hall–Kier alpha value is -3.91. The molecule has 0 heterocycles. The van der Waals surface area contributed by atoms with Crippen LogP contribution < -0.4 is 14.2 Å². The molecule has 0 aliphatic heterocycles. The number of aliphatic hydroxyl groups excluding tert-OH is 1. The van der Waals surface area contributed by atoms with Gasteiger partial charge in [-0.15, -0.1) is 0 Å². The first-order valence-electron chi connectivity index (χ1n) is 9.58. The van der Waals surface area contributed by atoms with E-state index in [0.29, 0.717) is 28.0 Å². The molecular weight excluding hydrogens is 419 g/mol. The van der Waals surface area contributed by atoms with Gasteiger partial charge < -0.3 is 34.6 Å². The summed E-state index contributed by atoms with van der Waals surface area (Å²) in [5.74, 6) is -0.450. The van der Waals surface area contributed by atoms with Crippen molar-refractivity contribution in [2.24, 2.45) is 0 Å². The van der Waals surface area contributed by atoms with E-state index < -0.39 is 12.4 Å². The number of aromatic hydroxyl groups is 3. The first-order valence-corrected chi connectivity index (χ1v) is 9.58. The van der Waals surface area contributed by atoms with Crippen LogP contribution in [-0.2, 0) is 0 Å². The number of rotatable bonds is 8. The Bertz CT molecular complexity index is 1120. The maximum atomic E-state index is 13.0. The van der Waals surface area contributed by atoms with Crippen LogP contribution in [0.25, 0.3) is 22.3 Å². The molecule has 0 fully saturated rings. The Balaban J connectivity index is 2.04. The minimum Gasteiger partial charge on any atom is -0.508 e. The molecule has 3 aromatic rings. The molecule has 0 atom stereocenters. The second kappa shape index (κ2) is 9.93. The first kappa shape index (κ1) is 22.8. The van der Waals surface area contributed by atoms with Gasteiger partial charge in [0.15, 0.2) is 23.0 Å². The van der Waals surface area contributed by atoms with Crippen LogP contribution in [-0.4, -0.2) is 47.9 Å². The van der Waals surface area contributed by atoms with Gasteiger partial charge >= 0.3 is 0 Å². The van der Waals surface area contributed by atoms with E-state index in [2.05, 4.69) is 0 Å². The zero-order chi connectivity index (χ0) is 23.3. The number of phenolic OH excluding ortho intramolecular Hbond substituents is 3. The zero-order valence-electron chi connectivity index (χ0n) is 17.5. The molecule has 0 aliphatic carbocycles. The molecule has 32 heavy (non-hydrogen) atoms. The molecule has 168 valence electrons. The van der Waals surface area contributed by atoms with Gasteiger partial charge in [-0.3, -0.25) is 0 Å². The Morgan fingerprint density at radius 3 is 2.19 bits per heavy atom.